The van der Waals surface area contributed by atoms with Crippen LogP contribution in [0.2, 0.25) is 0 Å². The molecule has 3 rings (SSSR count). The van der Waals surface area contributed by atoms with Crippen molar-refractivity contribution >= 4 is 5.78 Å². The van der Waals surface area contributed by atoms with Crippen molar-refractivity contribution in [2.24, 2.45) is 5.41 Å². The highest BCUT2D eigenvalue weighted by Gasteiger charge is 2.33. The summed E-state index contributed by atoms with van der Waals surface area (Å²) >= 11 is 0. The second-order valence-electron chi connectivity index (χ2n) is 6.14. The monoisotopic (exact) mass is 245 g/mol. The van der Waals surface area contributed by atoms with Crippen LogP contribution < -0.4 is 0 Å². The van der Waals surface area contributed by atoms with Crippen molar-refractivity contribution in [1.29, 1.82) is 0 Å². The summed E-state index contributed by atoms with van der Waals surface area (Å²) in [6.07, 6.45) is 11.8. The molecular weight excluding hydrogens is 222 g/mol. The van der Waals surface area contributed by atoms with E-state index in [1.54, 1.807) is 0 Å². The number of fused-ring (bicyclic) bond motifs is 1. The molecular formula is C16H23NO. The number of nitrogens with zero attached hydrogens (tertiary/aromatic N) is 1. The van der Waals surface area contributed by atoms with E-state index in [-0.39, 0.29) is 0 Å². The van der Waals surface area contributed by atoms with Crippen LogP contribution in [0.3, 0.4) is 0 Å². The lowest BCUT2D eigenvalue weighted by Crippen LogP contribution is -2.24. The van der Waals surface area contributed by atoms with Gasteiger partial charge in [-0.3, -0.25) is 4.79 Å². The van der Waals surface area contributed by atoms with Gasteiger partial charge in [-0.05, 0) is 43.6 Å². The number of carbonyl (C=O) groups excluding carboxylic acids is 1. The second-order valence-corrected chi connectivity index (χ2v) is 6.14. The molecule has 1 aromatic heterocycles. The smallest absolute Gasteiger partial charge is 0.164 e. The van der Waals surface area contributed by atoms with E-state index in [0.717, 1.165) is 31.4 Å². The molecule has 2 aliphatic carbocycles. The van der Waals surface area contributed by atoms with Gasteiger partial charge in [-0.15, -0.1) is 0 Å². The quantitative estimate of drug-likeness (QED) is 0.789. The molecule has 0 radical (unpaired) electrons. The fourth-order valence-electron chi connectivity index (χ4n) is 3.85. The molecule has 0 unspecified atom stereocenters. The standard InChI is InChI=1S/C16H23NO/c1-2-16(9-3-4-10-16)12-17-11-8-13-14(17)6-5-7-15(13)18/h8,11H,2-7,9-10,12H2,1H3. The SMILES string of the molecule is CCC1(Cn2ccc3c2CCCC3=O)CCCC1. The number of aromatic nitrogens is 1. The lowest BCUT2D eigenvalue weighted by molar-refractivity contribution is 0.0971. The molecule has 0 aliphatic heterocycles. The third kappa shape index (κ3) is 1.92. The normalized spacial score (nSPS) is 22.2. The van der Waals surface area contributed by atoms with Gasteiger partial charge in [-0.2, -0.15) is 0 Å². The first-order valence-electron chi connectivity index (χ1n) is 7.45. The Bertz CT molecular complexity index is 452. The van der Waals surface area contributed by atoms with E-state index in [4.69, 9.17) is 0 Å². The molecule has 0 saturated heterocycles. The second kappa shape index (κ2) is 4.56. The molecule has 0 spiro atoms. The number of ketones is 1. The summed E-state index contributed by atoms with van der Waals surface area (Å²) in [5, 5.41) is 0. The van der Waals surface area contributed by atoms with E-state index in [1.165, 1.54) is 37.8 Å². The van der Waals surface area contributed by atoms with Gasteiger partial charge in [0.2, 0.25) is 0 Å². The Hall–Kier alpha value is -1.05. The molecule has 2 aliphatic rings. The van der Waals surface area contributed by atoms with Crippen molar-refractivity contribution in [2.45, 2.75) is 64.8 Å². The fraction of sp³-hybridized carbons (Fsp3) is 0.688. The molecule has 0 bridgehead atoms. The van der Waals surface area contributed by atoms with Crippen LogP contribution in [-0.2, 0) is 13.0 Å². The van der Waals surface area contributed by atoms with Crippen LogP contribution in [0.1, 0.15) is 67.9 Å². The average molecular weight is 245 g/mol. The van der Waals surface area contributed by atoms with Crippen molar-refractivity contribution in [3.63, 3.8) is 0 Å². The molecule has 1 aromatic rings. The fourth-order valence-corrected chi connectivity index (χ4v) is 3.85. The largest absolute Gasteiger partial charge is 0.350 e. The molecule has 1 saturated carbocycles. The van der Waals surface area contributed by atoms with Crippen molar-refractivity contribution in [2.75, 3.05) is 0 Å². The number of rotatable bonds is 3. The van der Waals surface area contributed by atoms with Crippen LogP contribution in [0.4, 0.5) is 0 Å². The minimum Gasteiger partial charge on any atom is -0.350 e. The maximum atomic E-state index is 11.9. The van der Waals surface area contributed by atoms with Crippen LogP contribution in [0, 0.1) is 5.41 Å². The van der Waals surface area contributed by atoms with Crippen LogP contribution in [0.5, 0.6) is 0 Å². The molecule has 0 N–H and O–H groups in total. The highest BCUT2D eigenvalue weighted by Crippen LogP contribution is 2.43. The Morgan fingerprint density at radius 3 is 2.72 bits per heavy atom. The topological polar surface area (TPSA) is 22.0 Å². The van der Waals surface area contributed by atoms with Gasteiger partial charge in [-0.25, -0.2) is 0 Å². The maximum Gasteiger partial charge on any atom is 0.164 e. The molecule has 1 heterocycles. The molecule has 18 heavy (non-hydrogen) atoms. The first-order chi connectivity index (χ1) is 8.74. The zero-order valence-corrected chi connectivity index (χ0v) is 11.4. The molecule has 0 amide bonds. The molecule has 98 valence electrons. The predicted octanol–water partition coefficient (Wildman–Crippen LogP) is 3.98. The summed E-state index contributed by atoms with van der Waals surface area (Å²) in [6, 6.07) is 2.05. The number of Topliss-reactive ketones (excluding diaryl/α,β-unsaturated/α-hetero) is 1. The first kappa shape index (κ1) is 12.0. The summed E-state index contributed by atoms with van der Waals surface area (Å²) in [4.78, 5) is 11.9. The third-order valence-electron chi connectivity index (χ3n) is 5.12. The summed E-state index contributed by atoms with van der Waals surface area (Å²) in [7, 11) is 0. The van der Waals surface area contributed by atoms with Crippen LogP contribution in [-0.4, -0.2) is 10.4 Å². The minimum atomic E-state index is 0.354. The summed E-state index contributed by atoms with van der Waals surface area (Å²) in [5.41, 5.74) is 2.82. The molecule has 2 heteroatoms. The summed E-state index contributed by atoms with van der Waals surface area (Å²) in [6.45, 7) is 3.46. The summed E-state index contributed by atoms with van der Waals surface area (Å²) in [5.74, 6) is 0.354. The van der Waals surface area contributed by atoms with Crippen molar-refractivity contribution in [3.8, 4) is 0 Å². The Morgan fingerprint density at radius 1 is 1.22 bits per heavy atom. The Labute approximate surface area is 109 Å². The highest BCUT2D eigenvalue weighted by atomic mass is 16.1. The lowest BCUT2D eigenvalue weighted by atomic mass is 9.83. The summed E-state index contributed by atoms with van der Waals surface area (Å²) < 4.78 is 2.39. The molecule has 2 nitrogen and oxygen atoms in total. The average Bonchev–Trinajstić information content (AvgIpc) is 2.99. The van der Waals surface area contributed by atoms with Gasteiger partial charge < -0.3 is 4.57 Å². The van der Waals surface area contributed by atoms with Gasteiger partial charge in [0.1, 0.15) is 0 Å². The predicted molar refractivity (Wildman–Crippen MR) is 72.9 cm³/mol. The third-order valence-corrected chi connectivity index (χ3v) is 5.12. The van der Waals surface area contributed by atoms with Crippen LogP contribution in [0.15, 0.2) is 12.3 Å². The van der Waals surface area contributed by atoms with Crippen LogP contribution >= 0.6 is 0 Å². The van der Waals surface area contributed by atoms with Crippen molar-refractivity contribution in [1.82, 2.24) is 4.57 Å². The van der Waals surface area contributed by atoms with E-state index < -0.39 is 0 Å². The Morgan fingerprint density at radius 2 is 2.00 bits per heavy atom. The minimum absolute atomic E-state index is 0.354. The van der Waals surface area contributed by atoms with E-state index in [1.807, 2.05) is 0 Å². The van der Waals surface area contributed by atoms with E-state index >= 15 is 0 Å². The zero-order valence-electron chi connectivity index (χ0n) is 11.4. The molecule has 1 fully saturated rings. The van der Waals surface area contributed by atoms with Gasteiger partial charge >= 0.3 is 0 Å². The van der Waals surface area contributed by atoms with E-state index in [2.05, 4.69) is 23.8 Å². The first-order valence-corrected chi connectivity index (χ1v) is 7.45. The van der Waals surface area contributed by atoms with Gasteiger partial charge in [0, 0.05) is 30.4 Å². The molecule has 0 atom stereocenters. The maximum absolute atomic E-state index is 11.9. The van der Waals surface area contributed by atoms with Crippen molar-refractivity contribution in [3.05, 3.63) is 23.5 Å². The lowest BCUT2D eigenvalue weighted by Gasteiger charge is -2.29. The van der Waals surface area contributed by atoms with Crippen LogP contribution in [0.25, 0.3) is 0 Å². The highest BCUT2D eigenvalue weighted by molar-refractivity contribution is 5.98. The number of hydrogen-bond acceptors (Lipinski definition) is 1. The zero-order chi connectivity index (χ0) is 12.6. The van der Waals surface area contributed by atoms with Gasteiger partial charge in [0.25, 0.3) is 0 Å². The van der Waals surface area contributed by atoms with Gasteiger partial charge in [0.15, 0.2) is 5.78 Å². The van der Waals surface area contributed by atoms with E-state index in [9.17, 15) is 4.79 Å². The Kier molecular flexibility index (Phi) is 3.04. The van der Waals surface area contributed by atoms with Gasteiger partial charge in [-0.1, -0.05) is 19.8 Å². The van der Waals surface area contributed by atoms with E-state index in [0.29, 0.717) is 11.2 Å². The number of hydrogen-bond donors (Lipinski definition) is 0. The number of carbonyl (C=O) groups is 1. The van der Waals surface area contributed by atoms with Crippen molar-refractivity contribution < 1.29 is 4.79 Å². The van der Waals surface area contributed by atoms with Gasteiger partial charge in [0.05, 0.1) is 0 Å². The Balaban J connectivity index is 1.87. The molecule has 0 aromatic carbocycles.